The van der Waals surface area contributed by atoms with Crippen LogP contribution in [0.3, 0.4) is 0 Å². The van der Waals surface area contributed by atoms with Crippen LogP contribution in [-0.4, -0.2) is 46.6 Å². The smallest absolute Gasteiger partial charge is 0.192 e. The summed E-state index contributed by atoms with van der Waals surface area (Å²) in [7, 11) is 0. The third-order valence-electron chi connectivity index (χ3n) is 6.80. The lowest BCUT2D eigenvalue weighted by Gasteiger charge is -2.62. The highest BCUT2D eigenvalue weighted by Gasteiger charge is 2.73. The van der Waals surface area contributed by atoms with E-state index in [1.807, 2.05) is 35.1 Å². The van der Waals surface area contributed by atoms with Gasteiger partial charge < -0.3 is 12.9 Å². The number of Topliss-reactive ketones (excluding diaryl/α,β-unsaturated/α-hetero) is 1. The van der Waals surface area contributed by atoms with Gasteiger partial charge in [-0.3, -0.25) is 9.69 Å². The molecule has 1 N–H and O–H groups in total. The predicted molar refractivity (Wildman–Crippen MR) is 100 cm³/mol. The van der Waals surface area contributed by atoms with Gasteiger partial charge in [0.1, 0.15) is 0 Å². The van der Waals surface area contributed by atoms with Crippen molar-refractivity contribution in [1.82, 2.24) is 4.90 Å². The lowest BCUT2D eigenvalue weighted by Crippen LogP contribution is -2.76. The average Bonchev–Trinajstić information content (AvgIpc) is 2.96. The summed E-state index contributed by atoms with van der Waals surface area (Å²) in [6, 6.07) is 3.98. The van der Waals surface area contributed by atoms with Crippen molar-refractivity contribution in [3.05, 3.63) is 35.9 Å². The van der Waals surface area contributed by atoms with Crippen molar-refractivity contribution in [2.24, 2.45) is 0 Å². The lowest BCUT2D eigenvalue weighted by molar-refractivity contribution is -0.187. The molecular weight excluding hydrogens is 433 g/mol. The van der Waals surface area contributed by atoms with Crippen LogP contribution in [-0.2, 0) is 16.6 Å². The Labute approximate surface area is 160 Å². The number of nitrogens with zero attached hydrogens (tertiary/aromatic N) is 1. The van der Waals surface area contributed by atoms with E-state index in [2.05, 4.69) is 17.5 Å². The van der Waals surface area contributed by atoms with E-state index < -0.39 is 17.1 Å². The molecule has 25 heavy (non-hydrogen) atoms. The van der Waals surface area contributed by atoms with Crippen LogP contribution in [0.2, 0.25) is 0 Å². The van der Waals surface area contributed by atoms with Gasteiger partial charge in [0.15, 0.2) is 46.4 Å². The first-order chi connectivity index (χ1) is 12.1. The van der Waals surface area contributed by atoms with Gasteiger partial charge in [0.25, 0.3) is 0 Å². The van der Waals surface area contributed by atoms with Crippen molar-refractivity contribution < 1.29 is 17.7 Å². The molecule has 4 atom stereocenters. The number of ketones is 1. The molecule has 1 saturated heterocycles. The fraction of sp³-hybridized carbons (Fsp3) is 0.526. The molecule has 0 radical (unpaired) electrons. The van der Waals surface area contributed by atoms with Gasteiger partial charge in [-0.2, -0.15) is 0 Å². The third kappa shape index (κ3) is 1.73. The minimum atomic E-state index is -0.949. The number of carbonyl (C=O) groups excluding carboxylic acids is 1. The summed E-state index contributed by atoms with van der Waals surface area (Å²) >= 11 is 1.85. The van der Waals surface area contributed by atoms with Crippen molar-refractivity contribution in [3.8, 4) is 11.5 Å². The summed E-state index contributed by atoms with van der Waals surface area (Å²) in [5, 5.41) is 11.9. The average molecular weight is 453 g/mol. The van der Waals surface area contributed by atoms with Gasteiger partial charge in [0.05, 0.1) is 11.0 Å². The van der Waals surface area contributed by atoms with E-state index in [1.165, 1.54) is 5.56 Å². The Morgan fingerprint density at radius 2 is 2.32 bits per heavy atom. The fourth-order valence-electron chi connectivity index (χ4n) is 5.85. The Morgan fingerprint density at radius 1 is 1.48 bits per heavy atom. The molecule has 1 aromatic rings. The maximum Gasteiger partial charge on any atom is 0.192 e. The van der Waals surface area contributed by atoms with Crippen LogP contribution in [0.25, 0.3) is 0 Å². The highest BCUT2D eigenvalue weighted by Crippen LogP contribution is 2.64. The molecule has 1 aromatic carbocycles. The Bertz CT molecular complexity index is 796. The van der Waals surface area contributed by atoms with Crippen molar-refractivity contribution in [2.45, 2.75) is 48.8 Å². The van der Waals surface area contributed by atoms with Crippen LogP contribution in [0.5, 0.6) is 11.5 Å². The molecule has 5 nitrogen and oxygen atoms in total. The summed E-state index contributed by atoms with van der Waals surface area (Å²) in [6.45, 7) is 5.45. The molecular formula is C19H20INO4. The number of rotatable bonds is 3. The molecule has 0 aromatic heterocycles. The third-order valence-corrected chi connectivity index (χ3v) is 7.27. The molecule has 2 fully saturated rings. The molecule has 1 spiro atoms. The first-order valence-corrected chi connectivity index (χ1v) is 9.66. The SMILES string of the molecule is C=CCN1CC[C@]23c4c5ccc(OI)c4O[C@H]2C(=O)CC[C@@]3(O)[C@H]1C5. The summed E-state index contributed by atoms with van der Waals surface area (Å²) in [6.07, 6.45) is 3.64. The van der Waals surface area contributed by atoms with Gasteiger partial charge >= 0.3 is 0 Å². The van der Waals surface area contributed by atoms with E-state index >= 15 is 0 Å². The van der Waals surface area contributed by atoms with Crippen molar-refractivity contribution in [2.75, 3.05) is 13.1 Å². The number of hydrogen-bond donors (Lipinski definition) is 1. The summed E-state index contributed by atoms with van der Waals surface area (Å²) in [5.41, 5.74) is 0.609. The summed E-state index contributed by atoms with van der Waals surface area (Å²) in [5.74, 6) is 1.41. The van der Waals surface area contributed by atoms with Crippen LogP contribution >= 0.6 is 23.0 Å². The highest BCUT2D eigenvalue weighted by atomic mass is 127. The lowest BCUT2D eigenvalue weighted by atomic mass is 9.49. The maximum absolute atomic E-state index is 12.8. The van der Waals surface area contributed by atoms with Crippen LogP contribution in [0.1, 0.15) is 30.4 Å². The van der Waals surface area contributed by atoms with E-state index in [-0.39, 0.29) is 11.8 Å². The molecule has 132 valence electrons. The minimum Gasteiger partial charge on any atom is -0.477 e. The van der Waals surface area contributed by atoms with Crippen molar-refractivity contribution in [1.29, 1.82) is 0 Å². The predicted octanol–water partition coefficient (Wildman–Crippen LogP) is 2.32. The van der Waals surface area contributed by atoms with Gasteiger partial charge in [-0.1, -0.05) is 12.1 Å². The van der Waals surface area contributed by atoms with Crippen LogP contribution in [0.15, 0.2) is 24.8 Å². The summed E-state index contributed by atoms with van der Waals surface area (Å²) in [4.78, 5) is 15.1. The topological polar surface area (TPSA) is 59.0 Å². The largest absolute Gasteiger partial charge is 0.477 e. The molecule has 5 rings (SSSR count). The number of benzene rings is 1. The van der Waals surface area contributed by atoms with Gasteiger partial charge in [-0.05, 0) is 30.9 Å². The zero-order chi connectivity index (χ0) is 17.4. The van der Waals surface area contributed by atoms with E-state index in [1.54, 1.807) is 0 Å². The van der Waals surface area contributed by atoms with Gasteiger partial charge in [0.2, 0.25) is 0 Å². The number of aliphatic hydroxyl groups is 1. The standard InChI is InChI=1S/C19H20INO4/c1-2-8-21-9-7-18-15-11-3-4-13(25-20)16(15)24-17(18)12(22)5-6-19(18,23)14(21)10-11/h2-4,14,17,23H,1,5-10H2/t14-,17+,18+,19-/m1/s1. The van der Waals surface area contributed by atoms with E-state index in [9.17, 15) is 9.90 Å². The molecule has 2 aliphatic carbocycles. The molecule has 2 bridgehead atoms. The van der Waals surface area contributed by atoms with Crippen molar-refractivity contribution >= 4 is 28.8 Å². The normalized spacial score (nSPS) is 38.1. The molecule has 1 saturated carbocycles. The van der Waals surface area contributed by atoms with E-state index in [0.29, 0.717) is 24.3 Å². The fourth-order valence-corrected chi connectivity index (χ4v) is 6.19. The molecule has 2 heterocycles. The molecule has 4 aliphatic rings. The number of hydrogen-bond acceptors (Lipinski definition) is 5. The zero-order valence-corrected chi connectivity index (χ0v) is 16.0. The Balaban J connectivity index is 1.79. The van der Waals surface area contributed by atoms with Gasteiger partial charge in [-0.25, -0.2) is 0 Å². The van der Waals surface area contributed by atoms with Crippen molar-refractivity contribution in [3.63, 3.8) is 0 Å². The number of ether oxygens (including phenoxy) is 1. The highest BCUT2D eigenvalue weighted by molar-refractivity contribution is 14.1. The number of piperidine rings is 1. The number of halogens is 1. The van der Waals surface area contributed by atoms with Gasteiger partial charge in [-0.15, -0.1) is 6.58 Å². The number of likely N-dealkylation sites (tertiary alicyclic amines) is 1. The first kappa shape index (κ1) is 16.1. The number of carbonyl (C=O) groups is 1. The molecule has 0 unspecified atom stereocenters. The Kier molecular flexibility index (Phi) is 3.35. The van der Waals surface area contributed by atoms with Crippen LogP contribution < -0.4 is 7.80 Å². The minimum absolute atomic E-state index is 0.0109. The Morgan fingerprint density at radius 3 is 3.08 bits per heavy atom. The molecule has 0 amide bonds. The second-order valence-corrected chi connectivity index (χ2v) is 8.06. The van der Waals surface area contributed by atoms with Gasteiger partial charge in [0, 0.05) is 31.1 Å². The second-order valence-electron chi connectivity index (χ2n) is 7.62. The Hall–Kier alpha value is -1.12. The summed E-state index contributed by atoms with van der Waals surface area (Å²) < 4.78 is 11.7. The van der Waals surface area contributed by atoms with Crippen LogP contribution in [0.4, 0.5) is 0 Å². The van der Waals surface area contributed by atoms with E-state index in [4.69, 9.17) is 7.80 Å². The maximum atomic E-state index is 12.8. The molecule has 2 aliphatic heterocycles. The quantitative estimate of drug-likeness (QED) is 0.563. The first-order valence-electron chi connectivity index (χ1n) is 8.78. The van der Waals surface area contributed by atoms with E-state index in [0.717, 1.165) is 31.5 Å². The molecule has 6 heteroatoms. The monoisotopic (exact) mass is 453 g/mol. The zero-order valence-electron chi connectivity index (χ0n) is 13.8. The van der Waals surface area contributed by atoms with Crippen LogP contribution in [0, 0.1) is 0 Å². The second kappa shape index (κ2) is 5.20.